The zero-order valence-electron chi connectivity index (χ0n) is 20.0. The lowest BCUT2D eigenvalue weighted by Gasteiger charge is -2.41. The first-order valence-electron chi connectivity index (χ1n) is 11.7. The van der Waals surface area contributed by atoms with Crippen LogP contribution < -0.4 is 14.4 Å². The van der Waals surface area contributed by atoms with Crippen molar-refractivity contribution in [1.82, 2.24) is 0 Å². The molecule has 0 saturated carbocycles. The highest BCUT2D eigenvalue weighted by Crippen LogP contribution is 2.49. The molecule has 3 aromatic rings. The number of amides is 1. The van der Waals surface area contributed by atoms with Gasteiger partial charge in [0.2, 0.25) is 5.91 Å². The molecule has 5 nitrogen and oxygen atoms in total. The molecule has 0 N–H and O–H groups in total. The summed E-state index contributed by atoms with van der Waals surface area (Å²) in [6.07, 6.45) is 1.01. The molecule has 3 aromatic carbocycles. The Morgan fingerprint density at radius 1 is 0.861 bits per heavy atom. The number of Topliss-reactive ketones (excluding diaryl/α,β-unsaturated/α-hetero) is 1. The lowest BCUT2D eigenvalue weighted by atomic mass is 9.72. The van der Waals surface area contributed by atoms with Crippen LogP contribution in [-0.4, -0.2) is 25.9 Å². The maximum atomic E-state index is 13.8. The maximum Gasteiger partial charge on any atom is 0.232 e. The predicted molar refractivity (Wildman–Crippen MR) is 141 cm³/mol. The molecular weight excluding hydrogens is 497 g/mol. The maximum absolute atomic E-state index is 13.8. The minimum atomic E-state index is -0.443. The van der Waals surface area contributed by atoms with E-state index in [4.69, 9.17) is 32.7 Å². The van der Waals surface area contributed by atoms with Crippen LogP contribution in [0, 0.1) is 0 Å². The van der Waals surface area contributed by atoms with E-state index in [1.54, 1.807) is 49.5 Å². The van der Waals surface area contributed by atoms with Gasteiger partial charge in [0.25, 0.3) is 0 Å². The summed E-state index contributed by atoms with van der Waals surface area (Å²) in [5.41, 5.74) is 3.70. The van der Waals surface area contributed by atoms with E-state index in [0.29, 0.717) is 51.3 Å². The van der Waals surface area contributed by atoms with Crippen molar-refractivity contribution in [3.05, 3.63) is 99.2 Å². The number of rotatable bonds is 5. The third-order valence-corrected chi connectivity index (χ3v) is 7.53. The molecule has 0 bridgehead atoms. The minimum Gasteiger partial charge on any atom is -0.497 e. The van der Waals surface area contributed by atoms with Gasteiger partial charge >= 0.3 is 0 Å². The van der Waals surface area contributed by atoms with Gasteiger partial charge in [-0.2, -0.15) is 0 Å². The second-order valence-electron chi connectivity index (χ2n) is 8.99. The van der Waals surface area contributed by atoms with Crippen molar-refractivity contribution in [2.24, 2.45) is 0 Å². The van der Waals surface area contributed by atoms with Gasteiger partial charge in [0.1, 0.15) is 11.5 Å². The average molecular weight is 522 g/mol. The Hall–Kier alpha value is -3.28. The van der Waals surface area contributed by atoms with E-state index < -0.39 is 5.92 Å². The molecular formula is C29H25Cl2NO4. The highest BCUT2D eigenvalue weighted by molar-refractivity contribution is 6.35. The molecule has 1 amide bonds. The van der Waals surface area contributed by atoms with Crippen LogP contribution in [0.25, 0.3) is 0 Å². The molecule has 0 spiro atoms. The Kier molecular flexibility index (Phi) is 6.78. The number of benzene rings is 3. The van der Waals surface area contributed by atoms with E-state index in [1.807, 2.05) is 36.4 Å². The molecule has 0 aromatic heterocycles. The monoisotopic (exact) mass is 521 g/mol. The molecule has 1 aliphatic heterocycles. The first-order chi connectivity index (χ1) is 17.4. The zero-order valence-corrected chi connectivity index (χ0v) is 21.5. The van der Waals surface area contributed by atoms with Crippen molar-refractivity contribution in [3.63, 3.8) is 0 Å². The molecule has 2 atom stereocenters. The summed E-state index contributed by atoms with van der Waals surface area (Å²) >= 11 is 12.7. The van der Waals surface area contributed by atoms with Gasteiger partial charge < -0.3 is 9.47 Å². The zero-order chi connectivity index (χ0) is 25.4. The molecule has 1 aliphatic carbocycles. The van der Waals surface area contributed by atoms with Crippen molar-refractivity contribution >= 4 is 40.6 Å². The van der Waals surface area contributed by atoms with Gasteiger partial charge in [0, 0.05) is 46.1 Å². The number of anilines is 1. The highest BCUT2D eigenvalue weighted by atomic mass is 35.5. The summed E-state index contributed by atoms with van der Waals surface area (Å²) in [7, 11) is 3.13. The summed E-state index contributed by atoms with van der Waals surface area (Å²) in [5, 5.41) is 0.949. The number of allylic oxidation sites excluding steroid dienone is 2. The standard InChI is InChI=1S/C29H25Cl2NO4/c1-35-20-9-11-24(27(15-20)36-2)32-25-12-18(17-6-4-3-5-7-17)13-26(33)29(25)22(16-28(32)34)21-10-8-19(30)14-23(21)31/h3-11,14-15,18,22H,12-13,16H2,1-2H3. The van der Waals surface area contributed by atoms with Crippen LogP contribution in [0.4, 0.5) is 5.69 Å². The Bertz CT molecular complexity index is 1370. The summed E-state index contributed by atoms with van der Waals surface area (Å²) in [6, 6.07) is 20.5. The van der Waals surface area contributed by atoms with Crippen LogP contribution in [0.2, 0.25) is 10.0 Å². The van der Waals surface area contributed by atoms with Gasteiger partial charge in [-0.15, -0.1) is 0 Å². The van der Waals surface area contributed by atoms with Crippen LogP contribution in [0.5, 0.6) is 11.5 Å². The number of nitrogens with zero attached hydrogens (tertiary/aromatic N) is 1. The fourth-order valence-corrected chi connectivity index (χ4v) is 5.84. The number of hydrogen-bond donors (Lipinski definition) is 0. The molecule has 7 heteroatoms. The van der Waals surface area contributed by atoms with Gasteiger partial charge in [0.15, 0.2) is 5.78 Å². The van der Waals surface area contributed by atoms with Crippen LogP contribution in [-0.2, 0) is 9.59 Å². The second-order valence-corrected chi connectivity index (χ2v) is 9.83. The molecule has 184 valence electrons. The van der Waals surface area contributed by atoms with Crippen molar-refractivity contribution < 1.29 is 19.1 Å². The van der Waals surface area contributed by atoms with Crippen LogP contribution in [0.1, 0.15) is 42.2 Å². The lowest BCUT2D eigenvalue weighted by molar-refractivity contribution is -0.120. The highest BCUT2D eigenvalue weighted by Gasteiger charge is 2.43. The summed E-state index contributed by atoms with van der Waals surface area (Å²) < 4.78 is 11.0. The molecule has 0 fully saturated rings. The smallest absolute Gasteiger partial charge is 0.232 e. The lowest BCUT2D eigenvalue weighted by Crippen LogP contribution is -2.42. The SMILES string of the molecule is COc1ccc(N2C(=O)CC(c3ccc(Cl)cc3Cl)C3=C2CC(c2ccccc2)CC3=O)c(OC)c1. The van der Waals surface area contributed by atoms with Gasteiger partial charge in [-0.1, -0.05) is 59.6 Å². The number of carbonyl (C=O) groups is 2. The summed E-state index contributed by atoms with van der Waals surface area (Å²) in [5.74, 6) is 0.507. The average Bonchev–Trinajstić information content (AvgIpc) is 2.88. The van der Waals surface area contributed by atoms with E-state index in [-0.39, 0.29) is 24.0 Å². The summed E-state index contributed by atoms with van der Waals surface area (Å²) in [4.78, 5) is 29.3. The molecule has 0 saturated heterocycles. The van der Waals surface area contributed by atoms with E-state index in [1.165, 1.54) is 0 Å². The molecule has 36 heavy (non-hydrogen) atoms. The molecule has 2 unspecified atom stereocenters. The van der Waals surface area contributed by atoms with Gasteiger partial charge in [-0.3, -0.25) is 14.5 Å². The van der Waals surface area contributed by atoms with E-state index in [2.05, 4.69) is 0 Å². The first-order valence-corrected chi connectivity index (χ1v) is 12.5. The Morgan fingerprint density at radius 2 is 1.64 bits per heavy atom. The van der Waals surface area contributed by atoms with Gasteiger partial charge in [0.05, 0.1) is 19.9 Å². The fourth-order valence-electron chi connectivity index (χ4n) is 5.30. The molecule has 0 radical (unpaired) electrons. The normalized spacial score (nSPS) is 19.8. The quantitative estimate of drug-likeness (QED) is 0.365. The van der Waals surface area contributed by atoms with Crippen molar-refractivity contribution in [2.45, 2.75) is 31.1 Å². The van der Waals surface area contributed by atoms with Crippen molar-refractivity contribution in [1.29, 1.82) is 0 Å². The largest absolute Gasteiger partial charge is 0.497 e. The number of hydrogen-bond acceptors (Lipinski definition) is 4. The van der Waals surface area contributed by atoms with E-state index in [0.717, 1.165) is 11.1 Å². The Balaban J connectivity index is 1.69. The van der Waals surface area contributed by atoms with E-state index >= 15 is 0 Å². The Morgan fingerprint density at radius 3 is 2.33 bits per heavy atom. The first kappa shape index (κ1) is 24.4. The minimum absolute atomic E-state index is 0.0195. The van der Waals surface area contributed by atoms with E-state index in [9.17, 15) is 9.59 Å². The number of halogens is 2. The van der Waals surface area contributed by atoms with Crippen molar-refractivity contribution in [3.8, 4) is 11.5 Å². The van der Waals surface area contributed by atoms with Crippen LogP contribution in [0.15, 0.2) is 78.0 Å². The second kappa shape index (κ2) is 10.00. The fraction of sp³-hybridized carbons (Fsp3) is 0.241. The van der Waals surface area contributed by atoms with Crippen LogP contribution in [0.3, 0.4) is 0 Å². The summed E-state index contributed by atoms with van der Waals surface area (Å²) in [6.45, 7) is 0. The molecule has 2 aliphatic rings. The van der Waals surface area contributed by atoms with Crippen molar-refractivity contribution in [2.75, 3.05) is 19.1 Å². The topological polar surface area (TPSA) is 55.8 Å². The third kappa shape index (κ3) is 4.38. The molecule has 5 rings (SSSR count). The predicted octanol–water partition coefficient (Wildman–Crippen LogP) is 6.93. The van der Waals surface area contributed by atoms with Gasteiger partial charge in [-0.05, 0) is 47.7 Å². The van der Waals surface area contributed by atoms with Gasteiger partial charge in [-0.25, -0.2) is 0 Å². The third-order valence-electron chi connectivity index (χ3n) is 6.97. The van der Waals surface area contributed by atoms with Crippen LogP contribution >= 0.6 is 23.2 Å². The number of methoxy groups -OCH3 is 2. The number of ether oxygens (including phenoxy) is 2. The number of ketones is 1. The molecule has 1 heterocycles. The Labute approximate surface area is 220 Å². The number of carbonyl (C=O) groups excluding carboxylic acids is 2.